The number of likely N-dealkylation sites (tertiary alicyclic amines) is 2. The zero-order valence-corrected chi connectivity index (χ0v) is 14.6. The molecule has 2 aliphatic rings. The van der Waals surface area contributed by atoms with E-state index in [1.807, 2.05) is 4.90 Å². The van der Waals surface area contributed by atoms with Gasteiger partial charge in [0.05, 0.1) is 12.5 Å². The highest BCUT2D eigenvalue weighted by molar-refractivity contribution is 5.78. The van der Waals surface area contributed by atoms with Crippen LogP contribution in [0.2, 0.25) is 0 Å². The van der Waals surface area contributed by atoms with Crippen LogP contribution in [0.25, 0.3) is 0 Å². The van der Waals surface area contributed by atoms with Crippen LogP contribution >= 0.6 is 0 Å². The van der Waals surface area contributed by atoms with E-state index in [0.29, 0.717) is 26.1 Å². The third kappa shape index (κ3) is 5.28. The van der Waals surface area contributed by atoms with Crippen LogP contribution in [0, 0.1) is 5.92 Å². The van der Waals surface area contributed by atoms with Crippen LogP contribution in [-0.4, -0.2) is 59.5 Å². The van der Waals surface area contributed by atoms with Crippen molar-refractivity contribution in [3.63, 3.8) is 0 Å². The van der Waals surface area contributed by atoms with Crippen LogP contribution in [0.3, 0.4) is 0 Å². The lowest BCUT2D eigenvalue weighted by molar-refractivity contribution is -0.141. The lowest BCUT2D eigenvalue weighted by atomic mass is 10.1. The molecule has 2 saturated heterocycles. The number of hydrogen-bond donors (Lipinski definition) is 2. The smallest absolute Gasteiger partial charge is 0.307 e. The van der Waals surface area contributed by atoms with E-state index in [2.05, 4.69) is 34.5 Å². The fourth-order valence-corrected chi connectivity index (χ4v) is 3.60. The van der Waals surface area contributed by atoms with Gasteiger partial charge >= 0.3 is 5.97 Å². The van der Waals surface area contributed by atoms with Gasteiger partial charge in [0.15, 0.2) is 0 Å². The molecule has 1 unspecified atom stereocenters. The molecule has 2 N–H and O–H groups in total. The van der Waals surface area contributed by atoms with Crippen LogP contribution < -0.4 is 5.32 Å². The van der Waals surface area contributed by atoms with Gasteiger partial charge in [-0.25, -0.2) is 0 Å². The molecule has 0 radical (unpaired) electrons. The lowest BCUT2D eigenvalue weighted by Gasteiger charge is -2.16. The summed E-state index contributed by atoms with van der Waals surface area (Å²) in [4.78, 5) is 27.4. The number of carboxylic acids is 1. The third-order valence-electron chi connectivity index (χ3n) is 5.11. The number of rotatable bonds is 7. The number of nitrogens with zero attached hydrogens (tertiary/aromatic N) is 2. The predicted octanol–water partition coefficient (Wildman–Crippen LogP) is 1.31. The molecule has 0 saturated carbocycles. The molecule has 2 aliphatic heterocycles. The molecule has 0 aromatic heterocycles. The van der Waals surface area contributed by atoms with Crippen molar-refractivity contribution >= 4 is 11.9 Å². The second-order valence-corrected chi connectivity index (χ2v) is 7.14. The van der Waals surface area contributed by atoms with Crippen LogP contribution in [0.15, 0.2) is 24.3 Å². The Kier molecular flexibility index (Phi) is 6.04. The average molecular weight is 345 g/mol. The molecule has 1 amide bonds. The highest BCUT2D eigenvalue weighted by atomic mass is 16.4. The Hall–Kier alpha value is -1.92. The molecule has 2 heterocycles. The Morgan fingerprint density at radius 2 is 1.72 bits per heavy atom. The number of carbonyl (C=O) groups is 2. The van der Waals surface area contributed by atoms with Gasteiger partial charge in [-0.05, 0) is 50.0 Å². The van der Waals surface area contributed by atoms with Crippen molar-refractivity contribution in [1.29, 1.82) is 0 Å². The second-order valence-electron chi connectivity index (χ2n) is 7.14. The summed E-state index contributed by atoms with van der Waals surface area (Å²) in [7, 11) is 0. The molecule has 25 heavy (non-hydrogen) atoms. The van der Waals surface area contributed by atoms with E-state index in [0.717, 1.165) is 12.1 Å². The van der Waals surface area contributed by atoms with E-state index >= 15 is 0 Å². The van der Waals surface area contributed by atoms with E-state index in [4.69, 9.17) is 5.11 Å². The molecule has 136 valence electrons. The summed E-state index contributed by atoms with van der Waals surface area (Å²) in [5, 5.41) is 11.9. The van der Waals surface area contributed by atoms with Gasteiger partial charge in [0.25, 0.3) is 0 Å². The van der Waals surface area contributed by atoms with Gasteiger partial charge in [-0.1, -0.05) is 24.3 Å². The molecule has 0 aliphatic carbocycles. The Morgan fingerprint density at radius 1 is 1.04 bits per heavy atom. The number of hydrogen-bond acceptors (Lipinski definition) is 4. The molecular weight excluding hydrogens is 318 g/mol. The van der Waals surface area contributed by atoms with Crippen molar-refractivity contribution in [1.82, 2.24) is 15.1 Å². The van der Waals surface area contributed by atoms with E-state index in [-0.39, 0.29) is 18.4 Å². The first-order valence-corrected chi connectivity index (χ1v) is 9.12. The van der Waals surface area contributed by atoms with Crippen LogP contribution in [0.5, 0.6) is 0 Å². The first-order chi connectivity index (χ1) is 12.1. The molecular formula is C19H27N3O3. The molecule has 1 atom stereocenters. The summed E-state index contributed by atoms with van der Waals surface area (Å²) in [5.41, 5.74) is 2.40. The van der Waals surface area contributed by atoms with Crippen LogP contribution in [0.1, 0.15) is 30.4 Å². The fraction of sp³-hybridized carbons (Fsp3) is 0.579. The third-order valence-corrected chi connectivity index (χ3v) is 5.11. The van der Waals surface area contributed by atoms with Gasteiger partial charge in [0, 0.05) is 19.6 Å². The molecule has 0 bridgehead atoms. The quantitative estimate of drug-likeness (QED) is 0.779. The zero-order chi connectivity index (χ0) is 17.6. The van der Waals surface area contributed by atoms with Crippen molar-refractivity contribution in [3.05, 3.63) is 35.4 Å². The summed E-state index contributed by atoms with van der Waals surface area (Å²) >= 11 is 0. The molecule has 2 fully saturated rings. The highest BCUT2D eigenvalue weighted by Gasteiger charge is 2.28. The zero-order valence-electron chi connectivity index (χ0n) is 14.6. The fourth-order valence-electron chi connectivity index (χ4n) is 3.60. The Balaban J connectivity index is 1.39. The van der Waals surface area contributed by atoms with Crippen molar-refractivity contribution in [2.45, 2.75) is 32.4 Å². The van der Waals surface area contributed by atoms with Gasteiger partial charge < -0.3 is 10.4 Å². The van der Waals surface area contributed by atoms with Crippen LogP contribution in [-0.2, 0) is 22.7 Å². The van der Waals surface area contributed by atoms with Crippen molar-refractivity contribution in [3.8, 4) is 0 Å². The van der Waals surface area contributed by atoms with Crippen LogP contribution in [0.4, 0.5) is 0 Å². The largest absolute Gasteiger partial charge is 0.481 e. The molecule has 6 nitrogen and oxygen atoms in total. The van der Waals surface area contributed by atoms with Crippen molar-refractivity contribution in [2.75, 3.05) is 32.7 Å². The van der Waals surface area contributed by atoms with E-state index in [9.17, 15) is 9.59 Å². The normalized spacial score (nSPS) is 21.5. The average Bonchev–Trinajstić information content (AvgIpc) is 3.26. The number of benzene rings is 1. The molecule has 1 aromatic rings. The maximum absolute atomic E-state index is 12.0. The monoisotopic (exact) mass is 345 g/mol. The summed E-state index contributed by atoms with van der Waals surface area (Å²) < 4.78 is 0. The van der Waals surface area contributed by atoms with Gasteiger partial charge in [-0.2, -0.15) is 0 Å². The Labute approximate surface area is 148 Å². The maximum Gasteiger partial charge on any atom is 0.307 e. The summed E-state index contributed by atoms with van der Waals surface area (Å²) in [5.74, 6) is -1.15. The van der Waals surface area contributed by atoms with Crippen molar-refractivity contribution < 1.29 is 14.7 Å². The number of nitrogens with one attached hydrogen (secondary N) is 1. The SMILES string of the molecule is O=C(CN1CCC(C(=O)O)C1)NCc1ccc(CN2CCCC2)cc1. The van der Waals surface area contributed by atoms with Gasteiger partial charge in [0.1, 0.15) is 0 Å². The van der Waals surface area contributed by atoms with Gasteiger partial charge in [0.2, 0.25) is 5.91 Å². The molecule has 1 aromatic carbocycles. The highest BCUT2D eigenvalue weighted by Crippen LogP contribution is 2.16. The summed E-state index contributed by atoms with van der Waals surface area (Å²) in [6.45, 7) is 5.32. The number of amides is 1. The predicted molar refractivity (Wildman–Crippen MR) is 95.0 cm³/mol. The summed E-state index contributed by atoms with van der Waals surface area (Å²) in [6, 6.07) is 8.42. The molecule has 6 heteroatoms. The minimum Gasteiger partial charge on any atom is -0.481 e. The maximum atomic E-state index is 12.0. The Morgan fingerprint density at radius 3 is 2.36 bits per heavy atom. The number of carbonyl (C=O) groups excluding carboxylic acids is 1. The van der Waals surface area contributed by atoms with Crippen molar-refractivity contribution in [2.24, 2.45) is 5.92 Å². The van der Waals surface area contributed by atoms with E-state index < -0.39 is 5.97 Å². The summed E-state index contributed by atoms with van der Waals surface area (Å²) in [6.07, 6.45) is 3.23. The standard InChI is InChI=1S/C19H27N3O3/c23-18(14-22-10-7-17(13-22)19(24)25)20-11-15-3-5-16(6-4-15)12-21-8-1-2-9-21/h3-6,17H,1-2,7-14H2,(H,20,23)(H,24,25). The number of aliphatic carboxylic acids is 1. The second kappa shape index (κ2) is 8.45. The number of carboxylic acid groups (broad SMARTS) is 1. The first-order valence-electron chi connectivity index (χ1n) is 9.12. The topological polar surface area (TPSA) is 72.9 Å². The minimum absolute atomic E-state index is 0.0489. The van der Waals surface area contributed by atoms with E-state index in [1.54, 1.807) is 0 Å². The van der Waals surface area contributed by atoms with Gasteiger partial charge in [-0.15, -0.1) is 0 Å². The van der Waals surface area contributed by atoms with E-state index in [1.165, 1.54) is 31.5 Å². The Bertz CT molecular complexity index is 596. The first kappa shape index (κ1) is 17.9. The molecule has 3 rings (SSSR count). The lowest BCUT2D eigenvalue weighted by Crippen LogP contribution is -2.36. The minimum atomic E-state index is -0.767. The van der Waals surface area contributed by atoms with Gasteiger partial charge in [-0.3, -0.25) is 19.4 Å². The molecule has 0 spiro atoms.